The van der Waals surface area contributed by atoms with Gasteiger partial charge in [-0.2, -0.15) is 0 Å². The normalized spacial score (nSPS) is 10.4. The third-order valence-electron chi connectivity index (χ3n) is 4.03. The summed E-state index contributed by atoms with van der Waals surface area (Å²) in [5.74, 6) is -1.10. The number of carbonyl (C=O) groups is 2. The second-order valence-electron chi connectivity index (χ2n) is 6.25. The number of nitro groups is 1. The maximum absolute atomic E-state index is 13.2. The smallest absolute Gasteiger partial charge is 0.269 e. The molecular formula is C21H15ClFN3O4S. The SMILES string of the molecule is O=C(CSc1ccc(NC(=O)c2ccc([N+](=O)[O-])cc2)cc1)Nc1ccc(F)c(Cl)c1. The molecule has 0 unspecified atom stereocenters. The van der Waals surface area contributed by atoms with Gasteiger partial charge in [0.25, 0.3) is 11.6 Å². The minimum absolute atomic E-state index is 0.0724. The predicted molar refractivity (Wildman–Crippen MR) is 118 cm³/mol. The molecule has 0 saturated carbocycles. The zero-order chi connectivity index (χ0) is 22.4. The first-order chi connectivity index (χ1) is 14.8. The minimum atomic E-state index is -0.560. The van der Waals surface area contributed by atoms with Crippen LogP contribution in [0, 0.1) is 15.9 Å². The predicted octanol–water partition coefficient (Wildman–Crippen LogP) is 5.37. The summed E-state index contributed by atoms with van der Waals surface area (Å²) in [4.78, 5) is 35.2. The van der Waals surface area contributed by atoms with E-state index in [4.69, 9.17) is 11.6 Å². The molecule has 10 heteroatoms. The first-order valence-corrected chi connectivity index (χ1v) is 10.2. The molecule has 3 rings (SSSR count). The molecule has 3 aromatic carbocycles. The molecular weight excluding hydrogens is 445 g/mol. The second kappa shape index (κ2) is 10.1. The van der Waals surface area contributed by atoms with Crippen molar-refractivity contribution in [1.29, 1.82) is 0 Å². The van der Waals surface area contributed by atoms with Crippen molar-refractivity contribution >= 4 is 52.2 Å². The topological polar surface area (TPSA) is 101 Å². The van der Waals surface area contributed by atoms with Crippen LogP contribution in [0.1, 0.15) is 10.4 Å². The van der Waals surface area contributed by atoms with E-state index < -0.39 is 16.6 Å². The van der Waals surface area contributed by atoms with Crippen LogP contribution in [0.15, 0.2) is 71.6 Å². The Labute approximate surface area is 185 Å². The summed E-state index contributed by atoms with van der Waals surface area (Å²) in [5.41, 5.74) is 1.14. The molecule has 2 amide bonds. The van der Waals surface area contributed by atoms with Crippen LogP contribution in [0.3, 0.4) is 0 Å². The van der Waals surface area contributed by atoms with Crippen molar-refractivity contribution in [3.05, 3.63) is 93.2 Å². The lowest BCUT2D eigenvalue weighted by Gasteiger charge is -2.08. The van der Waals surface area contributed by atoms with Crippen molar-refractivity contribution in [2.75, 3.05) is 16.4 Å². The van der Waals surface area contributed by atoms with E-state index in [1.807, 2.05) is 0 Å². The number of anilines is 2. The van der Waals surface area contributed by atoms with Crippen molar-refractivity contribution in [3.8, 4) is 0 Å². The lowest BCUT2D eigenvalue weighted by Crippen LogP contribution is -2.14. The average molecular weight is 460 g/mol. The van der Waals surface area contributed by atoms with Crippen molar-refractivity contribution in [2.24, 2.45) is 0 Å². The summed E-state index contributed by atoms with van der Waals surface area (Å²) >= 11 is 6.98. The molecule has 31 heavy (non-hydrogen) atoms. The van der Waals surface area contributed by atoms with Gasteiger partial charge in [0, 0.05) is 34.0 Å². The Hall–Kier alpha value is -3.43. The second-order valence-corrected chi connectivity index (χ2v) is 7.70. The number of nitro benzene ring substituents is 1. The van der Waals surface area contributed by atoms with E-state index in [1.165, 1.54) is 54.2 Å². The van der Waals surface area contributed by atoms with Gasteiger partial charge in [0.1, 0.15) is 5.82 Å². The van der Waals surface area contributed by atoms with Crippen LogP contribution in [0.25, 0.3) is 0 Å². The molecule has 0 fully saturated rings. The molecule has 0 spiro atoms. The number of hydrogen-bond acceptors (Lipinski definition) is 5. The Morgan fingerprint density at radius 1 is 0.968 bits per heavy atom. The molecule has 158 valence electrons. The van der Waals surface area contributed by atoms with Crippen LogP contribution < -0.4 is 10.6 Å². The zero-order valence-electron chi connectivity index (χ0n) is 15.8. The van der Waals surface area contributed by atoms with Gasteiger partial charge >= 0.3 is 0 Å². The first-order valence-electron chi connectivity index (χ1n) is 8.85. The van der Waals surface area contributed by atoms with Crippen LogP contribution in [0.5, 0.6) is 0 Å². The van der Waals surface area contributed by atoms with Crippen molar-refractivity contribution < 1.29 is 18.9 Å². The van der Waals surface area contributed by atoms with Gasteiger partial charge in [-0.1, -0.05) is 11.6 Å². The molecule has 0 atom stereocenters. The summed E-state index contributed by atoms with van der Waals surface area (Å²) in [6.45, 7) is 0. The highest BCUT2D eigenvalue weighted by Gasteiger charge is 2.10. The number of benzene rings is 3. The molecule has 0 aliphatic carbocycles. The van der Waals surface area contributed by atoms with E-state index in [0.717, 1.165) is 4.90 Å². The molecule has 0 heterocycles. The maximum atomic E-state index is 13.2. The highest BCUT2D eigenvalue weighted by atomic mass is 35.5. The van der Waals surface area contributed by atoms with Crippen LogP contribution in [-0.4, -0.2) is 22.5 Å². The van der Waals surface area contributed by atoms with Crippen molar-refractivity contribution in [2.45, 2.75) is 4.90 Å². The zero-order valence-corrected chi connectivity index (χ0v) is 17.4. The Bertz CT molecular complexity index is 1120. The summed E-state index contributed by atoms with van der Waals surface area (Å²) in [5, 5.41) is 15.9. The number of rotatable bonds is 7. The number of nitrogens with one attached hydrogen (secondary N) is 2. The molecule has 0 aliphatic heterocycles. The number of halogens is 2. The van der Waals surface area contributed by atoms with Gasteiger partial charge in [0.15, 0.2) is 0 Å². The fourth-order valence-corrected chi connectivity index (χ4v) is 3.37. The summed E-state index contributed by atoms with van der Waals surface area (Å²) in [6.07, 6.45) is 0. The first kappa shape index (κ1) is 22.3. The van der Waals surface area contributed by atoms with E-state index in [0.29, 0.717) is 16.9 Å². The summed E-state index contributed by atoms with van der Waals surface area (Å²) in [7, 11) is 0. The molecule has 0 aromatic heterocycles. The molecule has 0 radical (unpaired) electrons. The molecule has 0 aliphatic rings. The molecule has 0 saturated heterocycles. The molecule has 0 bridgehead atoms. The standard InChI is InChI=1S/C21H15ClFN3O4S/c22-18-11-15(5-10-19(18)23)24-20(27)12-31-17-8-3-14(4-9-17)25-21(28)13-1-6-16(7-2-13)26(29)30/h1-11H,12H2,(H,24,27)(H,25,28). The summed E-state index contributed by atoms with van der Waals surface area (Å²) in [6, 6.07) is 16.1. The van der Waals surface area contributed by atoms with Gasteiger partial charge in [-0.05, 0) is 54.6 Å². The van der Waals surface area contributed by atoms with Crippen LogP contribution >= 0.6 is 23.4 Å². The minimum Gasteiger partial charge on any atom is -0.325 e. The lowest BCUT2D eigenvalue weighted by atomic mass is 10.2. The number of thioether (sulfide) groups is 1. The highest BCUT2D eigenvalue weighted by Crippen LogP contribution is 2.23. The van der Waals surface area contributed by atoms with Gasteiger partial charge in [-0.25, -0.2) is 4.39 Å². The van der Waals surface area contributed by atoms with Gasteiger partial charge in [-0.15, -0.1) is 11.8 Å². The summed E-state index contributed by atoms with van der Waals surface area (Å²) < 4.78 is 13.2. The maximum Gasteiger partial charge on any atom is 0.269 e. The third-order valence-corrected chi connectivity index (χ3v) is 5.33. The van der Waals surface area contributed by atoms with Crippen LogP contribution in [0.4, 0.5) is 21.5 Å². The quantitative estimate of drug-likeness (QED) is 0.281. The van der Waals surface area contributed by atoms with E-state index in [9.17, 15) is 24.1 Å². The fraction of sp³-hybridized carbons (Fsp3) is 0.0476. The lowest BCUT2D eigenvalue weighted by molar-refractivity contribution is -0.384. The van der Waals surface area contributed by atoms with Gasteiger partial charge in [0.05, 0.1) is 15.7 Å². The molecule has 2 N–H and O–H groups in total. The van der Waals surface area contributed by atoms with Gasteiger partial charge in [-0.3, -0.25) is 19.7 Å². The van der Waals surface area contributed by atoms with E-state index in [1.54, 1.807) is 24.3 Å². The van der Waals surface area contributed by atoms with Gasteiger partial charge < -0.3 is 10.6 Å². The number of hydrogen-bond donors (Lipinski definition) is 2. The monoisotopic (exact) mass is 459 g/mol. The molecule has 3 aromatic rings. The van der Waals surface area contributed by atoms with Crippen LogP contribution in [-0.2, 0) is 4.79 Å². The van der Waals surface area contributed by atoms with E-state index >= 15 is 0 Å². The Balaban J connectivity index is 1.51. The number of amides is 2. The van der Waals surface area contributed by atoms with Crippen molar-refractivity contribution in [3.63, 3.8) is 0 Å². The third kappa shape index (κ3) is 6.27. The Morgan fingerprint density at radius 3 is 2.23 bits per heavy atom. The average Bonchev–Trinajstić information content (AvgIpc) is 2.76. The van der Waals surface area contributed by atoms with Gasteiger partial charge in [0.2, 0.25) is 5.91 Å². The van der Waals surface area contributed by atoms with Crippen molar-refractivity contribution in [1.82, 2.24) is 0 Å². The van der Waals surface area contributed by atoms with E-state index in [-0.39, 0.29) is 22.4 Å². The Morgan fingerprint density at radius 2 is 1.61 bits per heavy atom. The van der Waals surface area contributed by atoms with E-state index in [2.05, 4.69) is 10.6 Å². The number of non-ortho nitro benzene ring substituents is 1. The number of carbonyl (C=O) groups excluding carboxylic acids is 2. The Kier molecular flexibility index (Phi) is 7.22. The molecule has 7 nitrogen and oxygen atoms in total. The highest BCUT2D eigenvalue weighted by molar-refractivity contribution is 8.00. The fourth-order valence-electron chi connectivity index (χ4n) is 2.49. The number of nitrogens with zero attached hydrogens (tertiary/aromatic N) is 1. The van der Waals surface area contributed by atoms with Crippen LogP contribution in [0.2, 0.25) is 5.02 Å². The largest absolute Gasteiger partial charge is 0.325 e.